The monoisotopic (exact) mass is 422 g/mol. The van der Waals surface area contributed by atoms with Crippen molar-refractivity contribution in [2.75, 3.05) is 5.88 Å². The minimum absolute atomic E-state index is 0.656. The highest BCUT2D eigenvalue weighted by Gasteiger charge is 2.15. The van der Waals surface area contributed by atoms with E-state index in [0.717, 1.165) is 46.9 Å². The van der Waals surface area contributed by atoms with Gasteiger partial charge in [-0.25, -0.2) is 0 Å². The van der Waals surface area contributed by atoms with Gasteiger partial charge < -0.3 is 0 Å². The van der Waals surface area contributed by atoms with Gasteiger partial charge in [0.2, 0.25) is 0 Å². The number of hydrogen-bond donors (Lipinski definition) is 0. The Balaban J connectivity index is 1.96. The first-order valence-electron chi connectivity index (χ1n) is 10.5. The van der Waals surface area contributed by atoms with Gasteiger partial charge in [-0.2, -0.15) is 5.26 Å². The molecule has 0 saturated carbocycles. The van der Waals surface area contributed by atoms with Gasteiger partial charge in [0.05, 0.1) is 17.1 Å². The summed E-state index contributed by atoms with van der Waals surface area (Å²) in [6, 6.07) is 30.9. The molecule has 4 aromatic rings. The van der Waals surface area contributed by atoms with Crippen LogP contribution in [0.1, 0.15) is 41.5 Å². The first kappa shape index (κ1) is 20.8. The number of halogens is 1. The summed E-state index contributed by atoms with van der Waals surface area (Å²) >= 11 is 5.99. The highest BCUT2D eigenvalue weighted by molar-refractivity contribution is 6.17. The number of alkyl halides is 1. The SMILES string of the molecule is N#Cc1ccc(C(=C(CCCCCl)c2ccccc2)c2cnc3ccccc3c2)cc1. The van der Waals surface area contributed by atoms with Crippen molar-refractivity contribution >= 4 is 33.7 Å². The summed E-state index contributed by atoms with van der Waals surface area (Å²) in [4.78, 5) is 4.73. The van der Waals surface area contributed by atoms with Crippen molar-refractivity contribution in [3.8, 4) is 6.07 Å². The van der Waals surface area contributed by atoms with E-state index >= 15 is 0 Å². The second-order valence-electron chi connectivity index (χ2n) is 7.47. The molecule has 31 heavy (non-hydrogen) atoms. The largest absolute Gasteiger partial charge is 0.256 e. The van der Waals surface area contributed by atoms with E-state index in [1.165, 1.54) is 11.1 Å². The molecule has 0 saturated heterocycles. The van der Waals surface area contributed by atoms with E-state index in [4.69, 9.17) is 16.6 Å². The van der Waals surface area contributed by atoms with Crippen molar-refractivity contribution in [3.05, 3.63) is 113 Å². The summed E-state index contributed by atoms with van der Waals surface area (Å²) in [7, 11) is 0. The number of benzene rings is 3. The third-order valence-electron chi connectivity index (χ3n) is 5.42. The third-order valence-corrected chi connectivity index (χ3v) is 5.68. The molecule has 3 aromatic carbocycles. The minimum atomic E-state index is 0.656. The molecule has 0 aliphatic rings. The summed E-state index contributed by atoms with van der Waals surface area (Å²) in [5, 5.41) is 10.4. The molecule has 0 atom stereocenters. The third kappa shape index (κ3) is 4.85. The molecule has 1 aromatic heterocycles. The van der Waals surface area contributed by atoms with Crippen molar-refractivity contribution in [2.45, 2.75) is 19.3 Å². The van der Waals surface area contributed by atoms with E-state index in [1.807, 2.05) is 54.7 Å². The fourth-order valence-electron chi connectivity index (χ4n) is 3.88. The summed E-state index contributed by atoms with van der Waals surface area (Å²) < 4.78 is 0. The van der Waals surface area contributed by atoms with Gasteiger partial charge in [0.1, 0.15) is 0 Å². The Morgan fingerprint density at radius 3 is 2.29 bits per heavy atom. The van der Waals surface area contributed by atoms with E-state index in [9.17, 15) is 5.26 Å². The number of nitrogens with zero attached hydrogens (tertiary/aromatic N) is 2. The van der Waals surface area contributed by atoms with E-state index in [2.05, 4.69) is 42.5 Å². The van der Waals surface area contributed by atoms with Crippen LogP contribution in [0.3, 0.4) is 0 Å². The average Bonchev–Trinajstić information content (AvgIpc) is 2.84. The summed E-state index contributed by atoms with van der Waals surface area (Å²) in [6.45, 7) is 0. The van der Waals surface area contributed by atoms with Crippen molar-refractivity contribution < 1.29 is 0 Å². The van der Waals surface area contributed by atoms with Gasteiger partial charge in [-0.3, -0.25) is 4.98 Å². The molecule has 4 rings (SSSR count). The molecule has 0 fully saturated rings. The summed E-state index contributed by atoms with van der Waals surface area (Å²) in [5.74, 6) is 0.659. The molecule has 0 aliphatic carbocycles. The number of hydrogen-bond acceptors (Lipinski definition) is 2. The van der Waals surface area contributed by atoms with Crippen LogP contribution in [0.2, 0.25) is 0 Å². The Morgan fingerprint density at radius 1 is 0.806 bits per heavy atom. The van der Waals surface area contributed by atoms with Crippen LogP contribution in [0, 0.1) is 11.3 Å². The van der Waals surface area contributed by atoms with Crippen LogP contribution >= 0.6 is 11.6 Å². The van der Waals surface area contributed by atoms with E-state index in [1.54, 1.807) is 0 Å². The maximum atomic E-state index is 9.25. The molecular weight excluding hydrogens is 400 g/mol. The van der Waals surface area contributed by atoms with Gasteiger partial charge >= 0.3 is 0 Å². The van der Waals surface area contributed by atoms with Crippen molar-refractivity contribution in [2.24, 2.45) is 0 Å². The molecule has 0 spiro atoms. The van der Waals surface area contributed by atoms with Crippen LogP contribution in [-0.2, 0) is 0 Å². The molecule has 0 amide bonds. The maximum absolute atomic E-state index is 9.25. The minimum Gasteiger partial charge on any atom is -0.256 e. The van der Waals surface area contributed by atoms with Gasteiger partial charge in [0, 0.05) is 23.0 Å². The van der Waals surface area contributed by atoms with Gasteiger partial charge in [0.15, 0.2) is 0 Å². The van der Waals surface area contributed by atoms with Crippen LogP contribution < -0.4 is 0 Å². The molecule has 0 N–H and O–H groups in total. The lowest BCUT2D eigenvalue weighted by Crippen LogP contribution is -1.98. The number of fused-ring (bicyclic) bond motifs is 1. The fraction of sp³-hybridized carbons (Fsp3) is 0.143. The van der Waals surface area contributed by atoms with Crippen LogP contribution in [-0.4, -0.2) is 10.9 Å². The zero-order chi connectivity index (χ0) is 21.5. The molecule has 152 valence electrons. The second-order valence-corrected chi connectivity index (χ2v) is 7.85. The Bertz CT molecular complexity index is 1240. The molecule has 1 heterocycles. The highest BCUT2D eigenvalue weighted by atomic mass is 35.5. The first-order chi connectivity index (χ1) is 15.3. The van der Waals surface area contributed by atoms with E-state index in [-0.39, 0.29) is 0 Å². The van der Waals surface area contributed by atoms with Crippen LogP contribution in [0.5, 0.6) is 0 Å². The van der Waals surface area contributed by atoms with Crippen LogP contribution in [0.15, 0.2) is 91.1 Å². The average molecular weight is 423 g/mol. The number of aromatic nitrogens is 1. The van der Waals surface area contributed by atoms with Gasteiger partial charge in [-0.1, -0.05) is 60.7 Å². The number of allylic oxidation sites excluding steroid dienone is 1. The zero-order valence-corrected chi connectivity index (χ0v) is 18.0. The van der Waals surface area contributed by atoms with Gasteiger partial charge in [-0.15, -0.1) is 11.6 Å². The lowest BCUT2D eigenvalue weighted by Gasteiger charge is -2.18. The fourth-order valence-corrected chi connectivity index (χ4v) is 4.07. The lowest BCUT2D eigenvalue weighted by atomic mass is 9.87. The molecule has 0 radical (unpaired) electrons. The van der Waals surface area contributed by atoms with E-state index in [0.29, 0.717) is 11.4 Å². The summed E-state index contributed by atoms with van der Waals surface area (Å²) in [5.41, 5.74) is 7.42. The number of nitriles is 1. The zero-order valence-electron chi connectivity index (χ0n) is 17.3. The quantitative estimate of drug-likeness (QED) is 0.176. The molecule has 0 bridgehead atoms. The van der Waals surface area contributed by atoms with Crippen LogP contribution in [0.4, 0.5) is 0 Å². The van der Waals surface area contributed by atoms with Crippen molar-refractivity contribution in [3.63, 3.8) is 0 Å². The number of para-hydroxylation sites is 1. The molecule has 0 aliphatic heterocycles. The van der Waals surface area contributed by atoms with Crippen molar-refractivity contribution in [1.82, 2.24) is 4.98 Å². The Hall–Kier alpha value is -3.41. The van der Waals surface area contributed by atoms with E-state index < -0.39 is 0 Å². The smallest absolute Gasteiger partial charge is 0.0991 e. The normalized spacial score (nSPS) is 11.7. The van der Waals surface area contributed by atoms with Crippen LogP contribution in [0.25, 0.3) is 22.0 Å². The maximum Gasteiger partial charge on any atom is 0.0991 e. The molecule has 0 unspecified atom stereocenters. The highest BCUT2D eigenvalue weighted by Crippen LogP contribution is 2.36. The number of pyridine rings is 1. The lowest BCUT2D eigenvalue weighted by molar-refractivity contribution is 0.830. The Morgan fingerprint density at radius 2 is 1.55 bits per heavy atom. The molecule has 2 nitrogen and oxygen atoms in total. The number of unbranched alkanes of at least 4 members (excludes halogenated alkanes) is 1. The predicted molar refractivity (Wildman–Crippen MR) is 130 cm³/mol. The first-order valence-corrected chi connectivity index (χ1v) is 11.0. The Kier molecular flexibility index (Phi) is 6.77. The van der Waals surface area contributed by atoms with Crippen molar-refractivity contribution in [1.29, 1.82) is 5.26 Å². The topological polar surface area (TPSA) is 36.7 Å². The number of rotatable bonds is 7. The second kappa shape index (κ2) is 10.1. The molecule has 3 heteroatoms. The van der Waals surface area contributed by atoms with Gasteiger partial charge in [0.25, 0.3) is 0 Å². The predicted octanol–water partition coefficient (Wildman–Crippen LogP) is 7.47. The summed E-state index contributed by atoms with van der Waals surface area (Å²) in [6.07, 6.45) is 4.85. The molecular formula is C28H23ClN2. The van der Waals surface area contributed by atoms with Gasteiger partial charge in [-0.05, 0) is 65.8 Å². The standard InChI is InChI=1S/C28H23ClN2/c29-17-7-6-11-26(22-8-2-1-3-9-22)28(23-15-13-21(19-30)14-16-23)25-18-24-10-4-5-12-27(24)31-20-25/h1-5,8-10,12-16,18,20H,6-7,11,17H2. The Labute approximate surface area is 188 Å².